The molecule has 2 aliphatic rings. The fourth-order valence-electron chi connectivity index (χ4n) is 3.20. The number of fused-ring (bicyclic) bond motifs is 3. The van der Waals surface area contributed by atoms with Crippen LogP contribution in [0.25, 0.3) is 0 Å². The molecule has 1 amide bonds. The number of nitrogens with zero attached hydrogens (tertiary/aromatic N) is 1. The van der Waals surface area contributed by atoms with Crippen molar-refractivity contribution in [2.75, 3.05) is 20.3 Å². The van der Waals surface area contributed by atoms with Crippen LogP contribution in [0.4, 0.5) is 0 Å². The second-order valence-corrected chi connectivity index (χ2v) is 6.42. The summed E-state index contributed by atoms with van der Waals surface area (Å²) in [7, 11) is 1.56. The van der Waals surface area contributed by atoms with Gasteiger partial charge in [-0.1, -0.05) is 22.0 Å². The third-order valence-electron chi connectivity index (χ3n) is 4.19. The number of carbonyl (C=O) groups excluding carboxylic acids is 1. The van der Waals surface area contributed by atoms with E-state index in [0.717, 1.165) is 16.6 Å². The molecule has 0 N–H and O–H groups in total. The quantitative estimate of drug-likeness (QED) is 0.831. The molecule has 0 saturated carbocycles. The van der Waals surface area contributed by atoms with E-state index in [2.05, 4.69) is 28.9 Å². The summed E-state index contributed by atoms with van der Waals surface area (Å²) in [5, 5.41) is 0. The molecule has 1 aromatic rings. The zero-order chi connectivity index (χ0) is 14.3. The lowest BCUT2D eigenvalue weighted by Gasteiger charge is -2.39. The fraction of sp³-hybridized carbons (Fsp3) is 0.533. The number of piperidine rings is 1. The number of halogens is 1. The Morgan fingerprint density at radius 1 is 1.55 bits per heavy atom. The molecule has 1 saturated heterocycles. The van der Waals surface area contributed by atoms with Crippen molar-refractivity contribution in [3.63, 3.8) is 0 Å². The zero-order valence-corrected chi connectivity index (χ0v) is 13.2. The topological polar surface area (TPSA) is 38.8 Å². The Kier molecular flexibility index (Phi) is 3.73. The standard InChI is InChI=1S/C15H18BrNO3/c1-9-5-13-12(7-17(9)15(18)8-19-2)11-4-3-10(16)6-14(11)20-13/h3-4,6,9,12-13H,5,7-8H2,1-2H3/t9-,12?,13?/m1/s1. The molecule has 108 valence electrons. The molecule has 1 aromatic carbocycles. The van der Waals surface area contributed by atoms with Crippen molar-refractivity contribution in [3.8, 4) is 5.75 Å². The van der Waals surface area contributed by atoms with E-state index in [1.165, 1.54) is 5.56 Å². The molecule has 0 aliphatic carbocycles. The summed E-state index contributed by atoms with van der Waals surface area (Å²) in [6.45, 7) is 2.94. The molecule has 5 heteroatoms. The van der Waals surface area contributed by atoms with E-state index in [4.69, 9.17) is 9.47 Å². The van der Waals surface area contributed by atoms with Crippen LogP contribution in [0.3, 0.4) is 0 Å². The smallest absolute Gasteiger partial charge is 0.248 e. The minimum Gasteiger partial charge on any atom is -0.489 e. The van der Waals surface area contributed by atoms with Crippen LogP contribution in [0.5, 0.6) is 5.75 Å². The number of amides is 1. The molecule has 3 rings (SSSR count). The highest BCUT2D eigenvalue weighted by Crippen LogP contribution is 2.44. The van der Waals surface area contributed by atoms with Gasteiger partial charge in [-0.3, -0.25) is 4.79 Å². The predicted molar refractivity (Wildman–Crippen MR) is 79.0 cm³/mol. The molecule has 0 spiro atoms. The zero-order valence-electron chi connectivity index (χ0n) is 11.6. The van der Waals surface area contributed by atoms with Gasteiger partial charge in [0, 0.05) is 42.1 Å². The van der Waals surface area contributed by atoms with Gasteiger partial charge in [0.05, 0.1) is 0 Å². The lowest BCUT2D eigenvalue weighted by Crippen LogP contribution is -2.50. The molecule has 0 aromatic heterocycles. The van der Waals surface area contributed by atoms with Gasteiger partial charge in [-0.05, 0) is 19.1 Å². The lowest BCUT2D eigenvalue weighted by atomic mass is 9.87. The summed E-state index contributed by atoms with van der Waals surface area (Å²) in [4.78, 5) is 14.0. The first-order chi connectivity index (χ1) is 9.60. The molecule has 4 nitrogen and oxygen atoms in total. The maximum absolute atomic E-state index is 12.1. The Labute approximate surface area is 127 Å². The first-order valence-electron chi connectivity index (χ1n) is 6.84. The summed E-state index contributed by atoms with van der Waals surface area (Å²) in [6, 6.07) is 6.33. The normalized spacial score (nSPS) is 27.8. The van der Waals surface area contributed by atoms with Crippen molar-refractivity contribution in [2.45, 2.75) is 31.4 Å². The van der Waals surface area contributed by atoms with Crippen LogP contribution < -0.4 is 4.74 Å². The van der Waals surface area contributed by atoms with Crippen LogP contribution in [0, 0.1) is 0 Å². The van der Waals surface area contributed by atoms with Gasteiger partial charge in [-0.15, -0.1) is 0 Å². The molecule has 0 radical (unpaired) electrons. The van der Waals surface area contributed by atoms with Crippen molar-refractivity contribution in [2.24, 2.45) is 0 Å². The van der Waals surface area contributed by atoms with E-state index < -0.39 is 0 Å². The van der Waals surface area contributed by atoms with Gasteiger partial charge in [0.15, 0.2) is 0 Å². The maximum Gasteiger partial charge on any atom is 0.248 e. The van der Waals surface area contributed by atoms with E-state index in [1.807, 2.05) is 17.0 Å². The molecule has 2 heterocycles. The molecule has 20 heavy (non-hydrogen) atoms. The highest BCUT2D eigenvalue weighted by Gasteiger charge is 2.42. The Morgan fingerprint density at radius 3 is 3.10 bits per heavy atom. The monoisotopic (exact) mass is 339 g/mol. The summed E-state index contributed by atoms with van der Waals surface area (Å²) in [5.74, 6) is 1.28. The number of likely N-dealkylation sites (tertiary alicyclic amines) is 1. The minimum absolute atomic E-state index is 0.0593. The Morgan fingerprint density at radius 2 is 2.35 bits per heavy atom. The summed E-state index contributed by atoms with van der Waals surface area (Å²) >= 11 is 3.47. The van der Waals surface area contributed by atoms with Crippen LogP contribution in [0.2, 0.25) is 0 Å². The minimum atomic E-state index is 0.0593. The number of hydrogen-bond donors (Lipinski definition) is 0. The molecule has 2 aliphatic heterocycles. The second kappa shape index (κ2) is 5.37. The Hall–Kier alpha value is -1.07. The molecule has 3 atom stereocenters. The van der Waals surface area contributed by atoms with Crippen LogP contribution in [-0.4, -0.2) is 43.2 Å². The Balaban J connectivity index is 1.84. The number of carbonyl (C=O) groups is 1. The molecule has 0 bridgehead atoms. The molecule has 2 unspecified atom stereocenters. The molecular formula is C15H18BrNO3. The summed E-state index contributed by atoms with van der Waals surface area (Å²) in [5.41, 5.74) is 1.21. The summed E-state index contributed by atoms with van der Waals surface area (Å²) < 4.78 is 12.0. The fourth-order valence-corrected chi connectivity index (χ4v) is 3.54. The van der Waals surface area contributed by atoms with E-state index in [0.29, 0.717) is 6.54 Å². The highest BCUT2D eigenvalue weighted by atomic mass is 79.9. The number of methoxy groups -OCH3 is 1. The molecule has 1 fully saturated rings. The SMILES string of the molecule is COCC(=O)N1CC2c3ccc(Br)cc3OC2C[C@H]1C. The average molecular weight is 340 g/mol. The maximum atomic E-state index is 12.1. The van der Waals surface area contributed by atoms with Crippen LogP contribution in [-0.2, 0) is 9.53 Å². The van der Waals surface area contributed by atoms with Crippen molar-refractivity contribution in [3.05, 3.63) is 28.2 Å². The average Bonchev–Trinajstić information content (AvgIpc) is 2.73. The predicted octanol–water partition coefficient (Wildman–Crippen LogP) is 2.56. The number of benzene rings is 1. The van der Waals surface area contributed by atoms with Crippen molar-refractivity contribution >= 4 is 21.8 Å². The first-order valence-corrected chi connectivity index (χ1v) is 7.64. The van der Waals surface area contributed by atoms with Gasteiger partial charge in [-0.25, -0.2) is 0 Å². The first kappa shape index (κ1) is 13.9. The number of rotatable bonds is 2. The van der Waals surface area contributed by atoms with Crippen molar-refractivity contribution in [1.29, 1.82) is 0 Å². The van der Waals surface area contributed by atoms with Crippen LogP contribution in [0.1, 0.15) is 24.8 Å². The van der Waals surface area contributed by atoms with Crippen LogP contribution >= 0.6 is 15.9 Å². The van der Waals surface area contributed by atoms with Crippen molar-refractivity contribution in [1.82, 2.24) is 4.90 Å². The highest BCUT2D eigenvalue weighted by molar-refractivity contribution is 9.10. The van der Waals surface area contributed by atoms with Crippen LogP contribution in [0.15, 0.2) is 22.7 Å². The van der Waals surface area contributed by atoms with Gasteiger partial charge in [0.2, 0.25) is 5.91 Å². The van der Waals surface area contributed by atoms with Gasteiger partial charge in [0.25, 0.3) is 0 Å². The van der Waals surface area contributed by atoms with E-state index >= 15 is 0 Å². The van der Waals surface area contributed by atoms with Gasteiger partial charge in [-0.2, -0.15) is 0 Å². The Bertz CT molecular complexity index is 534. The number of ether oxygens (including phenoxy) is 2. The second-order valence-electron chi connectivity index (χ2n) is 5.51. The third kappa shape index (κ3) is 2.33. The molecular weight excluding hydrogens is 322 g/mol. The largest absolute Gasteiger partial charge is 0.489 e. The van der Waals surface area contributed by atoms with Gasteiger partial charge in [0.1, 0.15) is 18.5 Å². The third-order valence-corrected chi connectivity index (χ3v) is 4.68. The lowest BCUT2D eigenvalue weighted by molar-refractivity contribution is -0.140. The summed E-state index contributed by atoms with van der Waals surface area (Å²) in [6.07, 6.45) is 1.05. The van der Waals surface area contributed by atoms with E-state index in [-0.39, 0.29) is 30.6 Å². The number of hydrogen-bond acceptors (Lipinski definition) is 3. The van der Waals surface area contributed by atoms with E-state index in [9.17, 15) is 4.79 Å². The van der Waals surface area contributed by atoms with Gasteiger partial charge < -0.3 is 14.4 Å². The van der Waals surface area contributed by atoms with Gasteiger partial charge >= 0.3 is 0 Å². The van der Waals surface area contributed by atoms with E-state index in [1.54, 1.807) is 7.11 Å². The van der Waals surface area contributed by atoms with Crippen molar-refractivity contribution < 1.29 is 14.3 Å².